The summed E-state index contributed by atoms with van der Waals surface area (Å²) in [4.78, 5) is 95.8. The Balaban J connectivity index is 0.000000134. The number of ether oxygens (including phenoxy) is 3. The van der Waals surface area contributed by atoms with Gasteiger partial charge in [-0.3, -0.25) is 29.4 Å². The van der Waals surface area contributed by atoms with Crippen molar-refractivity contribution in [1.82, 2.24) is 20.5 Å². The molecule has 576 valence electrons. The Morgan fingerprint density at radius 2 is 1.34 bits per heavy atom. The number of likely N-dealkylation sites (tertiary alicyclic amines) is 1. The number of phenols is 1. The van der Waals surface area contributed by atoms with Gasteiger partial charge in [0.1, 0.15) is 27.1 Å². The van der Waals surface area contributed by atoms with Gasteiger partial charge in [0, 0.05) is 64.9 Å². The summed E-state index contributed by atoms with van der Waals surface area (Å²) in [7, 11) is 5.44. The number of thioether (sulfide) groups is 1. The fourth-order valence-electron chi connectivity index (χ4n) is 12.5. The molecule has 5 N–H and O–H groups in total. The second kappa shape index (κ2) is 37.3. The van der Waals surface area contributed by atoms with E-state index in [1.165, 1.54) is 41.5 Å². The van der Waals surface area contributed by atoms with Gasteiger partial charge in [-0.2, -0.15) is 5.10 Å². The quantitative estimate of drug-likeness (QED) is 0.0169. The van der Waals surface area contributed by atoms with Crippen LogP contribution in [-0.2, 0) is 19.1 Å². The average molecular weight is 1600 g/mol. The minimum atomic E-state index is -0.627. The number of hydrogen-bond donors (Lipinski definition) is 5. The number of piperidine rings is 1. The van der Waals surface area contributed by atoms with Crippen LogP contribution < -0.4 is 52.3 Å². The number of rotatable bonds is 14. The summed E-state index contributed by atoms with van der Waals surface area (Å²) in [6, 6.07) is 66.5. The number of thiocarbonyl (C=S) groups is 1. The molecular weight excluding hydrogens is 1520 g/mol. The molecule has 0 aliphatic carbocycles. The van der Waals surface area contributed by atoms with Crippen molar-refractivity contribution in [2.24, 2.45) is 15.3 Å². The number of nitrogens with one attached hydrogen (secondary N) is 3. The summed E-state index contributed by atoms with van der Waals surface area (Å²) in [6.07, 6.45) is 6.49. The second-order valence-electron chi connectivity index (χ2n) is 26.2. The normalized spacial score (nSPS) is 14.1. The van der Waals surface area contributed by atoms with Gasteiger partial charge in [0.15, 0.2) is 27.6 Å². The van der Waals surface area contributed by atoms with E-state index in [1.54, 1.807) is 105 Å². The topological polar surface area (TPSA) is 293 Å². The summed E-state index contributed by atoms with van der Waals surface area (Å²) < 4.78 is 24.4. The van der Waals surface area contributed by atoms with Crippen molar-refractivity contribution in [3.63, 3.8) is 0 Å². The third-order valence-electron chi connectivity index (χ3n) is 18.4. The van der Waals surface area contributed by atoms with Crippen molar-refractivity contribution in [2.75, 3.05) is 51.2 Å². The van der Waals surface area contributed by atoms with E-state index in [0.29, 0.717) is 86.3 Å². The van der Waals surface area contributed by atoms with E-state index >= 15 is 0 Å². The number of hydrogen-bond acceptors (Lipinski definition) is 23. The van der Waals surface area contributed by atoms with Gasteiger partial charge in [-0.25, -0.2) is 14.6 Å². The van der Waals surface area contributed by atoms with Gasteiger partial charge in [-0.1, -0.05) is 175 Å². The molecule has 1 unspecified atom stereocenters. The smallest absolute Gasteiger partial charge is 0.344 e. The zero-order valence-electron chi connectivity index (χ0n) is 63.0. The van der Waals surface area contributed by atoms with Crippen molar-refractivity contribution in [2.45, 2.75) is 52.9 Å². The highest BCUT2D eigenvalue weighted by Crippen LogP contribution is 2.47. The minimum Gasteiger partial charge on any atom is -0.504 e. The number of aromatic hydroxyl groups is 2. The van der Waals surface area contributed by atoms with E-state index in [-0.39, 0.29) is 52.0 Å². The minimum absolute atomic E-state index is 0.00807. The van der Waals surface area contributed by atoms with Crippen molar-refractivity contribution >= 4 is 150 Å². The van der Waals surface area contributed by atoms with Crippen molar-refractivity contribution in [1.29, 1.82) is 0 Å². The molecule has 2 saturated heterocycles. The predicted molar refractivity (Wildman–Crippen MR) is 456 cm³/mol. The number of nitrogens with zero attached hydrogens (tertiary/aromatic N) is 6. The van der Waals surface area contributed by atoms with Gasteiger partial charge < -0.3 is 49.3 Å². The van der Waals surface area contributed by atoms with E-state index < -0.39 is 17.5 Å². The lowest BCUT2D eigenvalue weighted by molar-refractivity contribution is -0.139. The molecule has 13 aromatic rings. The lowest BCUT2D eigenvalue weighted by Crippen LogP contribution is -2.41. The molecule has 1 atom stereocenters. The Hall–Kier alpha value is -13.0. The van der Waals surface area contributed by atoms with Crippen LogP contribution in [0.25, 0.3) is 54.2 Å². The Bertz CT molecular complexity index is 6060. The van der Waals surface area contributed by atoms with Gasteiger partial charge in [-0.15, -0.1) is 21.6 Å². The maximum absolute atomic E-state index is 13.1. The second-order valence-corrected chi connectivity index (χ2v) is 30.0. The third kappa shape index (κ3) is 19.1. The number of aryl methyl sites for hydroxylation is 2. The number of amides is 3. The maximum atomic E-state index is 13.1. The standard InChI is InChI=1S/C24H22O5.C23H27N3O2.C15H9N3OS2.C15H10N2O2.C11H9NO3S2/c1-5-27-23(25)19-15(4)28-22-17-8-6-7-9-18(17)29-24(26)21(22)20(19)16-11-10-13(2)14(3)12-16;1-25(2)20-13-11-18(12-14-20)17-21(23(28)26-15-7-4-8-16-26)24-22(27)19-9-5-3-6-10-19;19-13-9-5-1-3-7-11(9)20-14(13)17-18-15-16-10-6-2-4-8-12(10)21-15;18-14-11-8-4-5-9-12(11)15(19)13(14)17-16-10-6-2-1-3-7-10;1-15-7-4-2-3-6(9(7)13)5-8-10(14)12-11(16)17-8/h6-12,20H,5H2,1-4H3;3,5-6,9-14,17H,4,7-8,15-16H2,1-2H3,(H,24,27);1-8,19H;1-9,16H;2-5,13H,1H3,(H,12,14,16)/b;21-17-;;;8-5-. The molecule has 3 aliphatic rings. The predicted octanol–water partition coefficient (Wildman–Crippen LogP) is 17.2. The van der Waals surface area contributed by atoms with Gasteiger partial charge in [0.2, 0.25) is 16.0 Å². The summed E-state index contributed by atoms with van der Waals surface area (Å²) in [5.74, 6) is -0.352. The Morgan fingerprint density at radius 3 is 1.98 bits per heavy atom. The van der Waals surface area contributed by atoms with Crippen LogP contribution in [-0.4, -0.2) is 89.0 Å². The molecule has 0 spiro atoms. The number of azo groups is 1. The first-order chi connectivity index (χ1) is 55.2. The Kier molecular flexibility index (Phi) is 26.4. The number of thiazole rings is 1. The van der Waals surface area contributed by atoms with Gasteiger partial charge in [0.05, 0.1) is 57.0 Å². The summed E-state index contributed by atoms with van der Waals surface area (Å²) in [6.45, 7) is 9.20. The highest BCUT2D eigenvalue weighted by atomic mass is 32.2. The lowest BCUT2D eigenvalue weighted by atomic mass is 9.81. The number of para-hydroxylation sites is 4. The molecular formula is C88H77N9O13S4. The highest BCUT2D eigenvalue weighted by molar-refractivity contribution is 8.26. The fraction of sp³-hybridized carbons (Fsp3) is 0.159. The highest BCUT2D eigenvalue weighted by Gasteiger charge is 2.39. The number of aromatic nitrogens is 1. The van der Waals surface area contributed by atoms with E-state index in [2.05, 4.69) is 36.4 Å². The van der Waals surface area contributed by atoms with Gasteiger partial charge >= 0.3 is 11.6 Å². The molecule has 0 radical (unpaired) electrons. The molecule has 6 heterocycles. The molecule has 3 aromatic heterocycles. The molecule has 10 aromatic carbocycles. The number of fused-ring (bicyclic) bond motifs is 6. The third-order valence-corrected chi connectivity index (χ3v) is 21.5. The van der Waals surface area contributed by atoms with Crippen LogP contribution in [0.5, 0.6) is 23.0 Å². The van der Waals surface area contributed by atoms with Crippen molar-refractivity contribution < 1.29 is 48.0 Å². The first-order valence-electron chi connectivity index (χ1n) is 36.2. The van der Waals surface area contributed by atoms with E-state index in [0.717, 1.165) is 86.3 Å². The van der Waals surface area contributed by atoms with Crippen LogP contribution >= 0.6 is 46.7 Å². The Morgan fingerprint density at radius 1 is 0.702 bits per heavy atom. The summed E-state index contributed by atoms with van der Waals surface area (Å²) in [5, 5.41) is 41.0. The number of esters is 1. The van der Waals surface area contributed by atoms with E-state index in [9.17, 15) is 43.8 Å². The fourth-order valence-corrected chi connectivity index (χ4v) is 15.2. The SMILES string of the molecule is CCOC(=O)C1=C(C)Oc2c(c(=O)oc3ccccc23)C1c1ccc(C)c(C)c1.CN(C)c1ccc(/C=C(\NC(=O)c2ccccc2)C(=O)N2CCCCC2)cc1.COc1cccc(/C=C2\SC(=S)NC2=O)c1O.O=c1c(=NNc2ccccc2)c(=O)c2ccccc12.Oc1c(N=Nc2nc3ccccc3s2)sc2ccccc12. The van der Waals surface area contributed by atoms with Crippen LogP contribution in [0, 0.1) is 13.8 Å². The van der Waals surface area contributed by atoms with Crippen molar-refractivity contribution in [3.05, 3.63) is 315 Å². The number of benzene rings is 9. The maximum Gasteiger partial charge on any atom is 0.344 e. The molecule has 2 fully saturated rings. The monoisotopic (exact) mass is 1600 g/mol. The zero-order chi connectivity index (χ0) is 80.5. The number of carbonyl (C=O) groups excluding carboxylic acids is 4. The number of thiophene rings is 1. The number of allylic oxidation sites excluding steroid dienone is 1. The lowest BCUT2D eigenvalue weighted by Gasteiger charge is -2.28. The summed E-state index contributed by atoms with van der Waals surface area (Å²) >= 11 is 8.94. The molecule has 16 rings (SSSR count). The summed E-state index contributed by atoms with van der Waals surface area (Å²) in [5.41, 5.74) is 10.6. The molecule has 22 nitrogen and oxygen atoms in total. The number of phenolic OH excluding ortho intramolecular Hbond substituents is 1. The van der Waals surface area contributed by atoms with E-state index in [4.69, 9.17) is 30.8 Å². The van der Waals surface area contributed by atoms with Crippen LogP contribution in [0.4, 0.5) is 21.5 Å². The average Bonchev–Trinajstić information content (AvgIpc) is 1.00. The number of methoxy groups -OCH3 is 1. The van der Waals surface area contributed by atoms with Crippen LogP contribution in [0.2, 0.25) is 0 Å². The molecule has 3 aliphatic heterocycles. The van der Waals surface area contributed by atoms with Crippen molar-refractivity contribution in [3.8, 4) is 23.0 Å². The molecule has 0 bridgehead atoms. The number of anilines is 2. The largest absolute Gasteiger partial charge is 0.504 e. The molecule has 26 heteroatoms. The van der Waals surface area contributed by atoms with E-state index in [1.807, 2.05) is 177 Å². The first kappa shape index (κ1) is 80.5. The first-order valence-corrected chi connectivity index (χ1v) is 39.0. The number of carbonyl (C=O) groups is 4. The van der Waals surface area contributed by atoms with Gasteiger partial charge in [-0.05, 0) is 160 Å². The molecule has 0 saturated carbocycles. The van der Waals surface area contributed by atoms with Gasteiger partial charge in [0.25, 0.3) is 17.7 Å². The molecule has 114 heavy (non-hydrogen) atoms. The van der Waals surface area contributed by atoms with Crippen LogP contribution in [0.15, 0.2) is 274 Å². The molecule has 3 amide bonds. The zero-order valence-corrected chi connectivity index (χ0v) is 66.2. The van der Waals surface area contributed by atoms with Crippen LogP contribution in [0.3, 0.4) is 0 Å². The van der Waals surface area contributed by atoms with Crippen LogP contribution in [0.1, 0.15) is 82.8 Å². The Labute approximate surface area is 672 Å².